The van der Waals surface area contributed by atoms with Crippen LogP contribution in [0.3, 0.4) is 0 Å². The van der Waals surface area contributed by atoms with Gasteiger partial charge in [-0.15, -0.1) is 0 Å². The van der Waals surface area contributed by atoms with Crippen LogP contribution in [0.25, 0.3) is 0 Å². The molecule has 1 aromatic carbocycles. The number of aryl methyl sites for hydroxylation is 3. The molecule has 106 valence electrons. The second-order valence-corrected chi connectivity index (χ2v) is 5.83. The van der Waals surface area contributed by atoms with Crippen LogP contribution in [0.4, 0.5) is 0 Å². The molecule has 2 atom stereocenters. The first-order valence-corrected chi connectivity index (χ1v) is 7.54. The van der Waals surface area contributed by atoms with Crippen LogP contribution in [-0.4, -0.2) is 19.2 Å². The van der Waals surface area contributed by atoms with E-state index in [-0.39, 0.29) is 6.10 Å². The first-order chi connectivity index (χ1) is 9.11. The molecule has 0 spiro atoms. The van der Waals surface area contributed by atoms with Gasteiger partial charge in [0.1, 0.15) is 0 Å². The third kappa shape index (κ3) is 3.58. The number of nitrogens with one attached hydrogen (secondary N) is 1. The smallest absolute Gasteiger partial charge is 0.0842 e. The second kappa shape index (κ2) is 6.53. The minimum atomic E-state index is 0.266. The Hall–Kier alpha value is -0.860. The van der Waals surface area contributed by atoms with E-state index in [9.17, 15) is 0 Å². The van der Waals surface area contributed by atoms with Crippen molar-refractivity contribution in [2.45, 2.75) is 59.1 Å². The summed E-state index contributed by atoms with van der Waals surface area (Å²) in [6.45, 7) is 10.8. The lowest BCUT2D eigenvalue weighted by Crippen LogP contribution is -2.36. The minimum absolute atomic E-state index is 0.266. The zero-order valence-corrected chi connectivity index (χ0v) is 12.8. The van der Waals surface area contributed by atoms with E-state index < -0.39 is 0 Å². The number of hydrogen-bond acceptors (Lipinski definition) is 2. The summed E-state index contributed by atoms with van der Waals surface area (Å²) in [4.78, 5) is 0. The van der Waals surface area contributed by atoms with Crippen LogP contribution in [0.15, 0.2) is 12.1 Å². The average molecular weight is 261 g/mol. The van der Waals surface area contributed by atoms with Gasteiger partial charge in [0.15, 0.2) is 0 Å². The number of hydrogen-bond donors (Lipinski definition) is 1. The van der Waals surface area contributed by atoms with Gasteiger partial charge in [0.2, 0.25) is 0 Å². The highest BCUT2D eigenvalue weighted by molar-refractivity contribution is 5.38. The van der Waals surface area contributed by atoms with Crippen molar-refractivity contribution >= 4 is 0 Å². The van der Waals surface area contributed by atoms with E-state index in [1.807, 2.05) is 0 Å². The third-order valence-electron chi connectivity index (χ3n) is 4.20. The molecule has 0 saturated carbocycles. The fourth-order valence-electron chi connectivity index (χ4n) is 2.88. The highest BCUT2D eigenvalue weighted by Crippen LogP contribution is 2.31. The molecule has 2 heteroatoms. The molecule has 19 heavy (non-hydrogen) atoms. The Morgan fingerprint density at radius 1 is 1.16 bits per heavy atom. The summed E-state index contributed by atoms with van der Waals surface area (Å²) in [6.07, 6.45) is 3.71. The summed E-state index contributed by atoms with van der Waals surface area (Å²) in [5.74, 6) is 0. The van der Waals surface area contributed by atoms with Crippen LogP contribution in [0.5, 0.6) is 0 Å². The summed E-state index contributed by atoms with van der Waals surface area (Å²) in [5, 5.41) is 3.64. The molecule has 1 heterocycles. The monoisotopic (exact) mass is 261 g/mol. The highest BCUT2D eigenvalue weighted by Gasteiger charge is 2.24. The van der Waals surface area contributed by atoms with Gasteiger partial charge in [-0.3, -0.25) is 0 Å². The van der Waals surface area contributed by atoms with Crippen molar-refractivity contribution in [3.63, 3.8) is 0 Å². The Labute approximate surface area is 117 Å². The molecule has 2 rings (SSSR count). The zero-order chi connectivity index (χ0) is 13.8. The predicted octanol–water partition coefficient (Wildman–Crippen LogP) is 3.83. The van der Waals surface area contributed by atoms with Crippen LogP contribution in [-0.2, 0) is 4.74 Å². The van der Waals surface area contributed by atoms with Gasteiger partial charge in [-0.2, -0.15) is 0 Å². The average Bonchev–Trinajstić information content (AvgIpc) is 2.41. The SMILES string of the molecule is CCCNC1CCOC(c2cc(C)c(C)cc2C)C1. The Balaban J connectivity index is 2.10. The summed E-state index contributed by atoms with van der Waals surface area (Å²) >= 11 is 0. The van der Waals surface area contributed by atoms with E-state index in [0.717, 1.165) is 26.0 Å². The predicted molar refractivity (Wildman–Crippen MR) is 80.7 cm³/mol. The van der Waals surface area contributed by atoms with Crippen LogP contribution in [0, 0.1) is 20.8 Å². The molecule has 0 bridgehead atoms. The van der Waals surface area contributed by atoms with Crippen molar-refractivity contribution in [2.75, 3.05) is 13.2 Å². The van der Waals surface area contributed by atoms with E-state index in [0.29, 0.717) is 6.04 Å². The number of rotatable bonds is 4. The van der Waals surface area contributed by atoms with E-state index in [4.69, 9.17) is 4.74 Å². The summed E-state index contributed by atoms with van der Waals surface area (Å²) in [5.41, 5.74) is 5.49. The van der Waals surface area contributed by atoms with Gasteiger partial charge in [0.25, 0.3) is 0 Å². The molecule has 1 N–H and O–H groups in total. The fraction of sp³-hybridized carbons (Fsp3) is 0.647. The Kier molecular flexibility index (Phi) is 5.00. The van der Waals surface area contributed by atoms with Gasteiger partial charge < -0.3 is 10.1 Å². The van der Waals surface area contributed by atoms with Crippen LogP contribution < -0.4 is 5.32 Å². The molecule has 0 aliphatic carbocycles. The van der Waals surface area contributed by atoms with Gasteiger partial charge in [-0.25, -0.2) is 0 Å². The zero-order valence-electron chi connectivity index (χ0n) is 12.8. The lowest BCUT2D eigenvalue weighted by molar-refractivity contribution is -0.0000181. The Bertz CT molecular complexity index is 428. The Morgan fingerprint density at radius 2 is 1.89 bits per heavy atom. The van der Waals surface area contributed by atoms with E-state index in [2.05, 4.69) is 45.1 Å². The molecule has 0 aromatic heterocycles. The summed E-state index contributed by atoms with van der Waals surface area (Å²) in [6, 6.07) is 5.22. The maximum atomic E-state index is 6.01. The van der Waals surface area contributed by atoms with Crippen molar-refractivity contribution in [1.29, 1.82) is 0 Å². The van der Waals surface area contributed by atoms with Gasteiger partial charge >= 0.3 is 0 Å². The third-order valence-corrected chi connectivity index (χ3v) is 4.20. The van der Waals surface area contributed by atoms with Crippen LogP contribution in [0.2, 0.25) is 0 Å². The van der Waals surface area contributed by atoms with E-state index >= 15 is 0 Å². The number of ether oxygens (including phenoxy) is 1. The molecular weight excluding hydrogens is 234 g/mol. The molecule has 0 amide bonds. The fourth-order valence-corrected chi connectivity index (χ4v) is 2.88. The Morgan fingerprint density at radius 3 is 2.63 bits per heavy atom. The molecule has 1 aliphatic heterocycles. The molecule has 2 unspecified atom stereocenters. The molecule has 1 fully saturated rings. The molecule has 1 aromatic rings. The van der Waals surface area contributed by atoms with Gasteiger partial charge in [-0.05, 0) is 68.8 Å². The summed E-state index contributed by atoms with van der Waals surface area (Å²) < 4.78 is 6.01. The van der Waals surface area contributed by atoms with Crippen LogP contribution >= 0.6 is 0 Å². The van der Waals surface area contributed by atoms with Gasteiger partial charge in [0.05, 0.1) is 6.10 Å². The van der Waals surface area contributed by atoms with Crippen molar-refractivity contribution in [2.24, 2.45) is 0 Å². The first-order valence-electron chi connectivity index (χ1n) is 7.54. The van der Waals surface area contributed by atoms with Crippen molar-refractivity contribution in [3.05, 3.63) is 34.4 Å². The van der Waals surface area contributed by atoms with Gasteiger partial charge in [-0.1, -0.05) is 19.1 Å². The quantitative estimate of drug-likeness (QED) is 0.889. The standard InChI is InChI=1S/C17H27NO/c1-5-7-18-15-6-8-19-17(11-15)16-10-13(3)12(2)9-14(16)4/h9-10,15,17-18H,5-8,11H2,1-4H3. The van der Waals surface area contributed by atoms with Crippen molar-refractivity contribution in [3.8, 4) is 0 Å². The normalized spacial score (nSPS) is 23.6. The lowest BCUT2D eigenvalue weighted by Gasteiger charge is -2.31. The largest absolute Gasteiger partial charge is 0.373 e. The first kappa shape index (κ1) is 14.5. The molecule has 1 saturated heterocycles. The van der Waals surface area contributed by atoms with Gasteiger partial charge in [0, 0.05) is 12.6 Å². The van der Waals surface area contributed by atoms with E-state index in [1.54, 1.807) is 0 Å². The number of benzene rings is 1. The maximum Gasteiger partial charge on any atom is 0.0842 e. The molecule has 0 radical (unpaired) electrons. The highest BCUT2D eigenvalue weighted by atomic mass is 16.5. The minimum Gasteiger partial charge on any atom is -0.373 e. The van der Waals surface area contributed by atoms with E-state index in [1.165, 1.54) is 28.7 Å². The molecule has 1 aliphatic rings. The lowest BCUT2D eigenvalue weighted by atomic mass is 9.91. The molecule has 2 nitrogen and oxygen atoms in total. The summed E-state index contributed by atoms with van der Waals surface area (Å²) in [7, 11) is 0. The maximum absolute atomic E-state index is 6.01. The van der Waals surface area contributed by atoms with Crippen molar-refractivity contribution in [1.82, 2.24) is 5.32 Å². The topological polar surface area (TPSA) is 21.3 Å². The molecular formula is C17H27NO. The van der Waals surface area contributed by atoms with Crippen molar-refractivity contribution < 1.29 is 4.74 Å². The van der Waals surface area contributed by atoms with Crippen LogP contribution in [0.1, 0.15) is 54.5 Å². The second-order valence-electron chi connectivity index (χ2n) is 5.83.